The number of benzene rings is 2. The van der Waals surface area contributed by atoms with Crippen LogP contribution in [0.2, 0.25) is 5.02 Å². The molecule has 36 heavy (non-hydrogen) atoms. The van der Waals surface area contributed by atoms with Crippen molar-refractivity contribution in [3.05, 3.63) is 64.9 Å². The standard InChI is InChI=1S/C25H34ClFN4O4S/c1-6-18(3)28-25(33)22(7-2)30(16-19-12-14-20(26)15-13-19)24(32)17-31(36(34,35)29(4)5)23-11-9-8-10-21(23)27/h8-15,18,22H,6-7,16-17H2,1-5H3,(H,28,33)/t18-,22-/m0/s1. The summed E-state index contributed by atoms with van der Waals surface area (Å²) in [5.74, 6) is -1.78. The first kappa shape index (κ1) is 29.5. The normalized spacial score (nSPS) is 13.2. The Hall–Kier alpha value is -2.69. The topological polar surface area (TPSA) is 90.0 Å². The summed E-state index contributed by atoms with van der Waals surface area (Å²) in [5, 5.41) is 3.41. The number of nitrogens with one attached hydrogen (secondary N) is 1. The second kappa shape index (κ2) is 13.0. The summed E-state index contributed by atoms with van der Waals surface area (Å²) >= 11 is 6.00. The Morgan fingerprint density at radius 2 is 1.64 bits per heavy atom. The van der Waals surface area contributed by atoms with E-state index in [1.54, 1.807) is 31.2 Å². The van der Waals surface area contributed by atoms with Crippen LogP contribution in [0.15, 0.2) is 48.5 Å². The van der Waals surface area contributed by atoms with Crippen molar-refractivity contribution in [2.24, 2.45) is 0 Å². The highest BCUT2D eigenvalue weighted by atomic mass is 35.5. The van der Waals surface area contributed by atoms with Crippen molar-refractivity contribution in [2.75, 3.05) is 24.9 Å². The van der Waals surface area contributed by atoms with Crippen molar-refractivity contribution < 1.29 is 22.4 Å². The number of amides is 2. The number of nitrogens with zero attached hydrogens (tertiary/aromatic N) is 3. The highest BCUT2D eigenvalue weighted by molar-refractivity contribution is 7.90. The molecule has 1 N–H and O–H groups in total. The van der Waals surface area contributed by atoms with Gasteiger partial charge >= 0.3 is 10.2 Å². The van der Waals surface area contributed by atoms with Gasteiger partial charge in [0, 0.05) is 31.7 Å². The summed E-state index contributed by atoms with van der Waals surface area (Å²) in [7, 11) is -1.64. The van der Waals surface area contributed by atoms with Crippen molar-refractivity contribution in [1.29, 1.82) is 0 Å². The van der Waals surface area contributed by atoms with E-state index in [9.17, 15) is 22.4 Å². The van der Waals surface area contributed by atoms with E-state index in [0.29, 0.717) is 23.4 Å². The van der Waals surface area contributed by atoms with Crippen molar-refractivity contribution in [2.45, 2.75) is 52.2 Å². The molecule has 8 nitrogen and oxygen atoms in total. The van der Waals surface area contributed by atoms with Crippen LogP contribution >= 0.6 is 11.6 Å². The quantitative estimate of drug-likeness (QED) is 0.443. The zero-order chi connectivity index (χ0) is 27.0. The molecule has 2 aromatic carbocycles. The van der Waals surface area contributed by atoms with Crippen LogP contribution in [0.25, 0.3) is 0 Å². The van der Waals surface area contributed by atoms with E-state index in [1.807, 2.05) is 13.8 Å². The van der Waals surface area contributed by atoms with Gasteiger partial charge in [-0.2, -0.15) is 12.7 Å². The van der Waals surface area contributed by atoms with Crippen LogP contribution in [0.4, 0.5) is 10.1 Å². The van der Waals surface area contributed by atoms with Gasteiger partial charge in [0.25, 0.3) is 0 Å². The molecule has 11 heteroatoms. The predicted molar refractivity (Wildman–Crippen MR) is 140 cm³/mol. The van der Waals surface area contributed by atoms with E-state index < -0.39 is 34.5 Å². The molecule has 2 atom stereocenters. The molecule has 0 unspecified atom stereocenters. The van der Waals surface area contributed by atoms with E-state index in [1.165, 1.54) is 37.2 Å². The minimum absolute atomic E-state index is 0.0373. The monoisotopic (exact) mass is 540 g/mol. The van der Waals surface area contributed by atoms with Gasteiger partial charge in [0.15, 0.2) is 0 Å². The predicted octanol–water partition coefficient (Wildman–Crippen LogP) is 3.81. The number of rotatable bonds is 12. The Morgan fingerprint density at radius 3 is 2.17 bits per heavy atom. The van der Waals surface area contributed by atoms with Crippen molar-refractivity contribution in [3.63, 3.8) is 0 Å². The third kappa shape index (κ3) is 7.41. The van der Waals surface area contributed by atoms with Crippen LogP contribution in [-0.4, -0.2) is 62.2 Å². The second-order valence-corrected chi connectivity index (χ2v) is 11.1. The molecule has 0 radical (unpaired) electrons. The molecule has 198 valence electrons. The highest BCUT2D eigenvalue weighted by Gasteiger charge is 2.34. The zero-order valence-electron chi connectivity index (χ0n) is 21.2. The molecule has 0 spiro atoms. The van der Waals surface area contributed by atoms with Gasteiger partial charge in [0.05, 0.1) is 5.69 Å². The number of anilines is 1. The second-order valence-electron chi connectivity index (χ2n) is 8.64. The van der Waals surface area contributed by atoms with E-state index in [0.717, 1.165) is 14.7 Å². The molecule has 2 aromatic rings. The Bertz CT molecular complexity index is 1150. The van der Waals surface area contributed by atoms with Crippen molar-refractivity contribution in [1.82, 2.24) is 14.5 Å². The maximum absolute atomic E-state index is 14.7. The van der Waals surface area contributed by atoms with Crippen LogP contribution in [0.3, 0.4) is 0 Å². The van der Waals surface area contributed by atoms with Crippen LogP contribution in [-0.2, 0) is 26.3 Å². The molecule has 0 aliphatic heterocycles. The first-order valence-corrected chi connectivity index (χ1v) is 13.5. The molecule has 0 aliphatic rings. The lowest BCUT2D eigenvalue weighted by molar-refractivity contribution is -0.140. The molecular weight excluding hydrogens is 507 g/mol. The van der Waals surface area contributed by atoms with Crippen LogP contribution in [0.1, 0.15) is 39.2 Å². The molecule has 0 fully saturated rings. The summed E-state index contributed by atoms with van der Waals surface area (Å²) in [5.41, 5.74) is 0.443. The van der Waals surface area contributed by atoms with E-state index >= 15 is 0 Å². The Balaban J connectivity index is 2.51. The average molecular weight is 541 g/mol. The van der Waals surface area contributed by atoms with Crippen LogP contribution < -0.4 is 9.62 Å². The molecule has 0 saturated carbocycles. The molecule has 2 amide bonds. The lowest BCUT2D eigenvalue weighted by atomic mass is 10.1. The zero-order valence-corrected chi connectivity index (χ0v) is 22.8. The molecule has 0 bridgehead atoms. The Labute approximate surface area is 218 Å². The Kier molecular flexibility index (Phi) is 10.7. The number of hydrogen-bond acceptors (Lipinski definition) is 4. The third-order valence-electron chi connectivity index (χ3n) is 5.79. The largest absolute Gasteiger partial charge is 0.352 e. The lowest BCUT2D eigenvalue weighted by Crippen LogP contribution is -2.54. The van der Waals surface area contributed by atoms with E-state index in [4.69, 9.17) is 11.6 Å². The SMILES string of the molecule is CC[C@H](C)NC(=O)[C@H](CC)N(Cc1ccc(Cl)cc1)C(=O)CN(c1ccccc1F)S(=O)(=O)N(C)C. The molecule has 2 rings (SSSR count). The molecule has 0 saturated heterocycles. The average Bonchev–Trinajstić information content (AvgIpc) is 2.83. The van der Waals surface area contributed by atoms with E-state index in [-0.39, 0.29) is 24.2 Å². The van der Waals surface area contributed by atoms with Crippen LogP contribution in [0.5, 0.6) is 0 Å². The van der Waals surface area contributed by atoms with Gasteiger partial charge in [0.1, 0.15) is 18.4 Å². The minimum atomic E-state index is -4.24. The summed E-state index contributed by atoms with van der Waals surface area (Å²) in [4.78, 5) is 28.2. The summed E-state index contributed by atoms with van der Waals surface area (Å²) < 4.78 is 42.5. The third-order valence-corrected chi connectivity index (χ3v) is 7.85. The van der Waals surface area contributed by atoms with Crippen LogP contribution in [0, 0.1) is 5.82 Å². The van der Waals surface area contributed by atoms with Gasteiger partial charge in [0.2, 0.25) is 11.8 Å². The van der Waals surface area contributed by atoms with Gasteiger partial charge in [-0.3, -0.25) is 9.59 Å². The van der Waals surface area contributed by atoms with Gasteiger partial charge in [-0.25, -0.2) is 8.70 Å². The maximum Gasteiger partial charge on any atom is 0.304 e. The van der Waals surface area contributed by atoms with Gasteiger partial charge in [-0.15, -0.1) is 0 Å². The maximum atomic E-state index is 14.7. The highest BCUT2D eigenvalue weighted by Crippen LogP contribution is 2.24. The number of halogens is 2. The van der Waals surface area contributed by atoms with Crippen molar-refractivity contribution >= 4 is 39.3 Å². The smallest absolute Gasteiger partial charge is 0.304 e. The van der Waals surface area contributed by atoms with Gasteiger partial charge in [-0.05, 0) is 49.6 Å². The molecular formula is C25H34ClFN4O4S. The van der Waals surface area contributed by atoms with Gasteiger partial charge in [-0.1, -0.05) is 49.7 Å². The number of para-hydroxylation sites is 1. The lowest BCUT2D eigenvalue weighted by Gasteiger charge is -2.34. The summed E-state index contributed by atoms with van der Waals surface area (Å²) in [6.45, 7) is 4.91. The van der Waals surface area contributed by atoms with E-state index in [2.05, 4.69) is 5.32 Å². The Morgan fingerprint density at radius 1 is 1.03 bits per heavy atom. The number of carbonyl (C=O) groups is 2. The fourth-order valence-corrected chi connectivity index (χ4v) is 4.69. The fraction of sp³-hybridized carbons (Fsp3) is 0.440. The van der Waals surface area contributed by atoms with Gasteiger partial charge < -0.3 is 10.2 Å². The molecule has 0 aliphatic carbocycles. The number of carbonyl (C=O) groups excluding carboxylic acids is 2. The first-order valence-electron chi connectivity index (χ1n) is 11.7. The number of hydrogen-bond donors (Lipinski definition) is 1. The first-order chi connectivity index (χ1) is 16.9. The summed E-state index contributed by atoms with van der Waals surface area (Å²) in [6, 6.07) is 11.2. The minimum Gasteiger partial charge on any atom is -0.352 e. The molecule has 0 heterocycles. The summed E-state index contributed by atoms with van der Waals surface area (Å²) in [6.07, 6.45) is 0.997. The fourth-order valence-electron chi connectivity index (χ4n) is 3.50. The molecule has 0 aromatic heterocycles. The van der Waals surface area contributed by atoms with Crippen molar-refractivity contribution in [3.8, 4) is 0 Å².